The van der Waals surface area contributed by atoms with Crippen molar-refractivity contribution in [1.82, 2.24) is 19.9 Å². The third kappa shape index (κ3) is 4.02. The smallest absolute Gasteiger partial charge is 0.388 e. The number of hydrogen-bond donors (Lipinski definition) is 2. The molecule has 0 aromatic carbocycles. The average Bonchev–Trinajstić information content (AvgIpc) is 2.87. The van der Waals surface area contributed by atoms with Gasteiger partial charge in [0.15, 0.2) is 5.00 Å². The van der Waals surface area contributed by atoms with Crippen molar-refractivity contribution in [1.29, 1.82) is 0 Å². The fourth-order valence-corrected chi connectivity index (χ4v) is 2.59. The molecule has 0 saturated carbocycles. The molecule has 8 nitrogen and oxygen atoms in total. The van der Waals surface area contributed by atoms with E-state index in [2.05, 4.69) is 30.6 Å². The van der Waals surface area contributed by atoms with Gasteiger partial charge in [0, 0.05) is 18.1 Å². The molecule has 3 rings (SSSR count). The molecule has 0 aliphatic carbocycles. The van der Waals surface area contributed by atoms with Crippen molar-refractivity contribution in [2.45, 2.75) is 13.8 Å². The van der Waals surface area contributed by atoms with E-state index in [9.17, 15) is 4.79 Å². The van der Waals surface area contributed by atoms with Crippen LogP contribution in [0, 0.1) is 13.8 Å². The second kappa shape index (κ2) is 7.01. The van der Waals surface area contributed by atoms with Crippen LogP contribution in [0.15, 0.2) is 36.7 Å². The van der Waals surface area contributed by atoms with Gasteiger partial charge in [-0.25, -0.2) is 24.7 Å². The maximum absolute atomic E-state index is 12.0. The molecule has 0 saturated heterocycles. The Balaban J connectivity index is 1.71. The van der Waals surface area contributed by atoms with Gasteiger partial charge < -0.3 is 10.1 Å². The first kappa shape index (κ1) is 15.8. The number of ether oxygens (including phenoxy) is 1. The normalized spacial score (nSPS) is 10.2. The lowest BCUT2D eigenvalue weighted by atomic mass is 10.4. The molecular formula is C15H14N6O2S. The molecule has 0 radical (unpaired) electrons. The molecule has 0 bridgehead atoms. The van der Waals surface area contributed by atoms with Crippen LogP contribution in [-0.2, 0) is 0 Å². The van der Waals surface area contributed by atoms with Gasteiger partial charge in [0.05, 0.1) is 5.01 Å². The maximum Gasteiger partial charge on any atom is 0.419 e. The molecule has 3 aromatic rings. The lowest BCUT2D eigenvalue weighted by molar-refractivity contribution is 0.213. The Labute approximate surface area is 142 Å². The van der Waals surface area contributed by atoms with Gasteiger partial charge in [-0.3, -0.25) is 5.32 Å². The molecule has 0 fully saturated rings. The van der Waals surface area contributed by atoms with Gasteiger partial charge >= 0.3 is 6.09 Å². The molecule has 2 N–H and O–H groups in total. The number of aromatic nitrogens is 4. The number of nitrogens with one attached hydrogen (secondary N) is 2. The Morgan fingerprint density at radius 1 is 1.12 bits per heavy atom. The third-order valence-corrected chi connectivity index (χ3v) is 3.67. The number of thiazole rings is 1. The van der Waals surface area contributed by atoms with Crippen molar-refractivity contribution in [3.05, 3.63) is 47.4 Å². The van der Waals surface area contributed by atoms with Crippen molar-refractivity contribution in [2.75, 3.05) is 10.6 Å². The van der Waals surface area contributed by atoms with Crippen molar-refractivity contribution in [3.8, 4) is 5.88 Å². The first-order chi connectivity index (χ1) is 11.6. The molecule has 9 heteroatoms. The minimum Gasteiger partial charge on any atom is -0.388 e. The highest BCUT2D eigenvalue weighted by atomic mass is 32.1. The van der Waals surface area contributed by atoms with Gasteiger partial charge in [0.1, 0.15) is 5.82 Å². The minimum absolute atomic E-state index is 0.162. The number of hydrogen-bond acceptors (Lipinski definition) is 8. The standard InChI is InChI=1S/C15H14N6O2S/c1-9-5-3-6-11(18-9)20-15(22)23-12-13(24-10(2)19-12)21-14-16-7-4-8-17-14/h3-8H,1-2H3,(H,16,17,21)(H,18,20,22). The molecule has 0 aliphatic rings. The number of nitrogens with zero attached hydrogens (tertiary/aromatic N) is 4. The fraction of sp³-hybridized carbons (Fsp3) is 0.133. The Kier molecular flexibility index (Phi) is 4.62. The van der Waals surface area contributed by atoms with E-state index in [-0.39, 0.29) is 5.88 Å². The van der Waals surface area contributed by atoms with E-state index in [1.807, 2.05) is 19.9 Å². The summed E-state index contributed by atoms with van der Waals surface area (Å²) in [6, 6.07) is 7.02. The topological polar surface area (TPSA) is 102 Å². The number of carbonyl (C=O) groups excluding carboxylic acids is 1. The summed E-state index contributed by atoms with van der Waals surface area (Å²) in [7, 11) is 0. The van der Waals surface area contributed by atoms with Gasteiger partial charge in [-0.05, 0) is 32.0 Å². The van der Waals surface area contributed by atoms with Crippen molar-refractivity contribution >= 4 is 34.2 Å². The zero-order chi connectivity index (χ0) is 16.9. The van der Waals surface area contributed by atoms with Crippen LogP contribution < -0.4 is 15.4 Å². The number of carbonyl (C=O) groups is 1. The van der Waals surface area contributed by atoms with E-state index in [4.69, 9.17) is 4.74 Å². The second-order valence-corrected chi connectivity index (χ2v) is 5.95. The molecule has 0 aliphatic heterocycles. The summed E-state index contributed by atoms with van der Waals surface area (Å²) in [5.74, 6) is 0.967. The molecular weight excluding hydrogens is 328 g/mol. The van der Waals surface area contributed by atoms with Crippen LogP contribution in [-0.4, -0.2) is 26.0 Å². The second-order valence-electron chi connectivity index (χ2n) is 4.74. The zero-order valence-corrected chi connectivity index (χ0v) is 13.8. The summed E-state index contributed by atoms with van der Waals surface area (Å²) in [5.41, 5.74) is 0.792. The predicted molar refractivity (Wildman–Crippen MR) is 90.8 cm³/mol. The Hall–Kier alpha value is -3.07. The number of rotatable bonds is 4. The van der Waals surface area contributed by atoms with Crippen LogP contribution in [0.3, 0.4) is 0 Å². The minimum atomic E-state index is -0.671. The van der Waals surface area contributed by atoms with Gasteiger partial charge in [-0.1, -0.05) is 17.4 Å². The SMILES string of the molecule is Cc1cccc(NC(=O)Oc2nc(C)sc2Nc2ncccn2)n1. The molecule has 24 heavy (non-hydrogen) atoms. The van der Waals surface area contributed by atoms with Crippen LogP contribution in [0.2, 0.25) is 0 Å². The summed E-state index contributed by atoms with van der Waals surface area (Å²) in [6.07, 6.45) is 2.55. The number of aryl methyl sites for hydroxylation is 2. The largest absolute Gasteiger partial charge is 0.419 e. The van der Waals surface area contributed by atoms with Gasteiger partial charge in [-0.15, -0.1) is 0 Å². The van der Waals surface area contributed by atoms with Crippen molar-refractivity contribution < 1.29 is 9.53 Å². The number of anilines is 3. The zero-order valence-electron chi connectivity index (χ0n) is 13.0. The molecule has 0 spiro atoms. The lowest BCUT2D eigenvalue weighted by Crippen LogP contribution is -2.18. The predicted octanol–water partition coefficient (Wildman–Crippen LogP) is 3.30. The van der Waals surface area contributed by atoms with Crippen LogP contribution in [0.4, 0.5) is 21.6 Å². The summed E-state index contributed by atoms with van der Waals surface area (Å²) < 4.78 is 5.27. The monoisotopic (exact) mass is 342 g/mol. The lowest BCUT2D eigenvalue weighted by Gasteiger charge is -2.06. The van der Waals surface area contributed by atoms with Crippen LogP contribution in [0.5, 0.6) is 5.88 Å². The molecule has 0 atom stereocenters. The van der Waals surface area contributed by atoms with Gasteiger partial charge in [0.2, 0.25) is 5.95 Å². The van der Waals surface area contributed by atoms with Crippen molar-refractivity contribution in [2.24, 2.45) is 0 Å². The van der Waals surface area contributed by atoms with E-state index >= 15 is 0 Å². The fourth-order valence-electron chi connectivity index (χ4n) is 1.85. The summed E-state index contributed by atoms with van der Waals surface area (Å²) in [4.78, 5) is 28.6. The van der Waals surface area contributed by atoms with Gasteiger partial charge in [0.25, 0.3) is 5.88 Å². The highest BCUT2D eigenvalue weighted by molar-refractivity contribution is 7.16. The van der Waals surface area contributed by atoms with Crippen molar-refractivity contribution in [3.63, 3.8) is 0 Å². The number of pyridine rings is 1. The van der Waals surface area contributed by atoms with E-state index in [0.717, 1.165) is 10.7 Å². The van der Waals surface area contributed by atoms with E-state index in [0.29, 0.717) is 16.8 Å². The summed E-state index contributed by atoms with van der Waals surface area (Å²) in [5, 5.41) is 6.84. The third-order valence-electron chi connectivity index (χ3n) is 2.80. The molecule has 3 heterocycles. The maximum atomic E-state index is 12.0. The van der Waals surface area contributed by atoms with E-state index < -0.39 is 6.09 Å². The number of amides is 1. The molecule has 1 amide bonds. The Morgan fingerprint density at radius 2 is 1.92 bits per heavy atom. The molecule has 122 valence electrons. The van der Waals surface area contributed by atoms with Crippen LogP contribution in [0.1, 0.15) is 10.7 Å². The molecule has 0 unspecified atom stereocenters. The van der Waals surface area contributed by atoms with E-state index in [1.165, 1.54) is 11.3 Å². The Morgan fingerprint density at radius 3 is 2.67 bits per heavy atom. The average molecular weight is 342 g/mol. The highest BCUT2D eigenvalue weighted by Gasteiger charge is 2.16. The summed E-state index contributed by atoms with van der Waals surface area (Å²) >= 11 is 1.34. The van der Waals surface area contributed by atoms with Crippen LogP contribution in [0.25, 0.3) is 0 Å². The highest BCUT2D eigenvalue weighted by Crippen LogP contribution is 2.32. The molecule has 3 aromatic heterocycles. The van der Waals surface area contributed by atoms with E-state index in [1.54, 1.807) is 30.6 Å². The first-order valence-corrected chi connectivity index (χ1v) is 7.86. The van der Waals surface area contributed by atoms with Crippen LogP contribution >= 0.6 is 11.3 Å². The summed E-state index contributed by atoms with van der Waals surface area (Å²) in [6.45, 7) is 3.65. The quantitative estimate of drug-likeness (QED) is 0.750. The first-order valence-electron chi connectivity index (χ1n) is 7.04. The Bertz CT molecular complexity index is 852. The van der Waals surface area contributed by atoms with Gasteiger partial charge in [-0.2, -0.15) is 0 Å².